The van der Waals surface area contributed by atoms with Crippen LogP contribution < -0.4 is 5.32 Å². The first-order valence-electron chi connectivity index (χ1n) is 6.81. The Balaban J connectivity index is 2.24. The maximum absolute atomic E-state index is 5.23. The lowest BCUT2D eigenvalue weighted by Crippen LogP contribution is -2.53. The zero-order chi connectivity index (χ0) is 12.7. The number of nitrogens with zero attached hydrogens (tertiary/aromatic N) is 2. The number of nitrogens with one attached hydrogen (secondary N) is 1. The quantitative estimate of drug-likeness (QED) is 0.549. The lowest BCUT2D eigenvalue weighted by atomic mass is 10.1. The van der Waals surface area contributed by atoms with Gasteiger partial charge in [-0.3, -0.25) is 9.80 Å². The van der Waals surface area contributed by atoms with Crippen molar-refractivity contribution in [2.75, 3.05) is 39.3 Å². The van der Waals surface area contributed by atoms with Crippen molar-refractivity contribution in [2.24, 2.45) is 0 Å². The Hall–Kier alpha value is -0.560. The summed E-state index contributed by atoms with van der Waals surface area (Å²) in [7, 11) is 0. The van der Waals surface area contributed by atoms with Crippen molar-refractivity contribution in [1.29, 1.82) is 0 Å². The molecule has 2 atom stereocenters. The van der Waals surface area contributed by atoms with E-state index in [4.69, 9.17) is 6.42 Å². The first-order chi connectivity index (χ1) is 8.19. The Morgan fingerprint density at radius 3 is 2.12 bits per heavy atom. The van der Waals surface area contributed by atoms with Crippen LogP contribution in [0.2, 0.25) is 0 Å². The summed E-state index contributed by atoms with van der Waals surface area (Å²) in [6.07, 6.45) is 6.48. The van der Waals surface area contributed by atoms with Crippen molar-refractivity contribution in [3.05, 3.63) is 0 Å². The summed E-state index contributed by atoms with van der Waals surface area (Å²) in [5, 5.41) is 3.29. The summed E-state index contributed by atoms with van der Waals surface area (Å²) < 4.78 is 0. The first kappa shape index (κ1) is 14.5. The molecular formula is C14H27N3. The fourth-order valence-corrected chi connectivity index (χ4v) is 2.36. The van der Waals surface area contributed by atoms with E-state index >= 15 is 0 Å². The van der Waals surface area contributed by atoms with Crippen molar-refractivity contribution in [3.63, 3.8) is 0 Å². The summed E-state index contributed by atoms with van der Waals surface area (Å²) in [5.74, 6) is 2.62. The Bertz CT molecular complexity index is 238. The molecular weight excluding hydrogens is 210 g/mol. The fourth-order valence-electron chi connectivity index (χ4n) is 2.36. The van der Waals surface area contributed by atoms with E-state index in [-0.39, 0.29) is 0 Å². The van der Waals surface area contributed by atoms with E-state index in [0.29, 0.717) is 12.6 Å². The van der Waals surface area contributed by atoms with E-state index in [2.05, 4.69) is 41.8 Å². The SMILES string of the molecule is C#CCNCC(C)N1CCN(C(C)CC)CC1. The standard InChI is InChI=1S/C14H27N3/c1-5-7-15-12-14(4)17-10-8-16(9-11-17)13(3)6-2/h1,13-15H,6-12H2,2-4H3. The highest BCUT2D eigenvalue weighted by atomic mass is 15.3. The second-order valence-electron chi connectivity index (χ2n) is 5.01. The lowest BCUT2D eigenvalue weighted by Gasteiger charge is -2.40. The molecule has 0 saturated carbocycles. The predicted molar refractivity (Wildman–Crippen MR) is 74.1 cm³/mol. The normalized spacial score (nSPS) is 22.0. The van der Waals surface area contributed by atoms with E-state index in [1.165, 1.54) is 32.6 Å². The van der Waals surface area contributed by atoms with Crippen LogP contribution >= 0.6 is 0 Å². The minimum Gasteiger partial charge on any atom is -0.305 e. The van der Waals surface area contributed by atoms with E-state index in [9.17, 15) is 0 Å². The molecule has 0 bridgehead atoms. The van der Waals surface area contributed by atoms with Crippen molar-refractivity contribution in [3.8, 4) is 12.3 Å². The Morgan fingerprint density at radius 1 is 1.12 bits per heavy atom. The predicted octanol–water partition coefficient (Wildman–Crippen LogP) is 1.01. The minimum atomic E-state index is 0.586. The molecule has 1 heterocycles. The van der Waals surface area contributed by atoms with Gasteiger partial charge in [-0.1, -0.05) is 12.8 Å². The third-order valence-electron chi connectivity index (χ3n) is 3.85. The Labute approximate surface area is 107 Å². The van der Waals surface area contributed by atoms with Gasteiger partial charge in [-0.2, -0.15) is 0 Å². The van der Waals surface area contributed by atoms with E-state index < -0.39 is 0 Å². The van der Waals surface area contributed by atoms with E-state index in [1.807, 2.05) is 0 Å². The molecule has 98 valence electrons. The zero-order valence-electron chi connectivity index (χ0n) is 11.6. The average molecular weight is 237 g/mol. The number of piperazine rings is 1. The van der Waals surface area contributed by atoms with Gasteiger partial charge >= 0.3 is 0 Å². The number of terminal acetylenes is 1. The molecule has 1 aliphatic rings. The van der Waals surface area contributed by atoms with Crippen LogP contribution in [0.15, 0.2) is 0 Å². The van der Waals surface area contributed by atoms with Crippen LogP contribution in [-0.2, 0) is 0 Å². The molecule has 0 aromatic carbocycles. The average Bonchev–Trinajstić information content (AvgIpc) is 2.38. The second kappa shape index (κ2) is 7.71. The second-order valence-corrected chi connectivity index (χ2v) is 5.01. The summed E-state index contributed by atoms with van der Waals surface area (Å²) in [6.45, 7) is 13.3. The molecule has 0 aromatic rings. The zero-order valence-corrected chi connectivity index (χ0v) is 11.6. The molecule has 0 spiro atoms. The van der Waals surface area contributed by atoms with Crippen LogP contribution in [0, 0.1) is 12.3 Å². The molecule has 1 aliphatic heterocycles. The number of hydrogen-bond acceptors (Lipinski definition) is 3. The first-order valence-corrected chi connectivity index (χ1v) is 6.81. The van der Waals surface area contributed by atoms with Gasteiger partial charge in [0.2, 0.25) is 0 Å². The van der Waals surface area contributed by atoms with Crippen LogP contribution in [-0.4, -0.2) is 61.2 Å². The number of rotatable bonds is 6. The van der Waals surface area contributed by atoms with Crippen LogP contribution in [0.4, 0.5) is 0 Å². The third kappa shape index (κ3) is 4.67. The molecule has 1 saturated heterocycles. The summed E-state index contributed by atoms with van der Waals surface area (Å²) >= 11 is 0. The molecule has 0 radical (unpaired) electrons. The molecule has 3 nitrogen and oxygen atoms in total. The van der Waals surface area contributed by atoms with E-state index in [1.54, 1.807) is 0 Å². The van der Waals surface area contributed by atoms with Crippen LogP contribution in [0.25, 0.3) is 0 Å². The van der Waals surface area contributed by atoms with Crippen molar-refractivity contribution >= 4 is 0 Å². The van der Waals surface area contributed by atoms with Crippen molar-refractivity contribution in [2.45, 2.75) is 39.3 Å². The summed E-state index contributed by atoms with van der Waals surface area (Å²) in [6, 6.07) is 1.31. The van der Waals surface area contributed by atoms with Crippen molar-refractivity contribution < 1.29 is 0 Å². The largest absolute Gasteiger partial charge is 0.305 e. The van der Waals surface area contributed by atoms with Gasteiger partial charge in [-0.05, 0) is 20.3 Å². The molecule has 3 heteroatoms. The van der Waals surface area contributed by atoms with Gasteiger partial charge in [0, 0.05) is 44.8 Å². The summed E-state index contributed by atoms with van der Waals surface area (Å²) in [5.41, 5.74) is 0. The van der Waals surface area contributed by atoms with Crippen LogP contribution in [0.1, 0.15) is 27.2 Å². The monoisotopic (exact) mass is 237 g/mol. The van der Waals surface area contributed by atoms with Crippen LogP contribution in [0.5, 0.6) is 0 Å². The molecule has 17 heavy (non-hydrogen) atoms. The minimum absolute atomic E-state index is 0.586. The highest BCUT2D eigenvalue weighted by molar-refractivity contribution is 4.87. The van der Waals surface area contributed by atoms with Crippen molar-refractivity contribution in [1.82, 2.24) is 15.1 Å². The Morgan fingerprint density at radius 2 is 1.65 bits per heavy atom. The molecule has 2 unspecified atom stereocenters. The Kier molecular flexibility index (Phi) is 6.57. The molecule has 0 aromatic heterocycles. The molecule has 0 aliphatic carbocycles. The van der Waals surface area contributed by atoms with Gasteiger partial charge in [0.05, 0.1) is 6.54 Å². The molecule has 0 amide bonds. The molecule has 1 rings (SSSR count). The third-order valence-corrected chi connectivity index (χ3v) is 3.85. The van der Waals surface area contributed by atoms with E-state index in [0.717, 1.165) is 12.6 Å². The molecule has 1 fully saturated rings. The molecule has 1 N–H and O–H groups in total. The maximum Gasteiger partial charge on any atom is 0.0574 e. The topological polar surface area (TPSA) is 18.5 Å². The van der Waals surface area contributed by atoms with Gasteiger partial charge in [0.25, 0.3) is 0 Å². The van der Waals surface area contributed by atoms with Gasteiger partial charge in [0.1, 0.15) is 0 Å². The highest BCUT2D eigenvalue weighted by Crippen LogP contribution is 2.10. The van der Waals surface area contributed by atoms with Gasteiger partial charge in [0.15, 0.2) is 0 Å². The van der Waals surface area contributed by atoms with Gasteiger partial charge in [-0.15, -0.1) is 6.42 Å². The summed E-state index contributed by atoms with van der Waals surface area (Å²) in [4.78, 5) is 5.15. The fraction of sp³-hybridized carbons (Fsp3) is 0.857. The van der Waals surface area contributed by atoms with Gasteiger partial charge in [-0.25, -0.2) is 0 Å². The lowest BCUT2D eigenvalue weighted by molar-refractivity contribution is 0.0775. The number of hydrogen-bond donors (Lipinski definition) is 1. The maximum atomic E-state index is 5.23. The van der Waals surface area contributed by atoms with Gasteiger partial charge < -0.3 is 5.32 Å². The smallest absolute Gasteiger partial charge is 0.0574 e. The highest BCUT2D eigenvalue weighted by Gasteiger charge is 2.22. The van der Waals surface area contributed by atoms with Crippen LogP contribution in [0.3, 0.4) is 0 Å².